The third-order valence-corrected chi connectivity index (χ3v) is 32.1. The molecule has 0 bridgehead atoms. The minimum atomic E-state index is -0.706. The number of para-hydroxylation sites is 1. The summed E-state index contributed by atoms with van der Waals surface area (Å²) < 4.78 is 5.16. The Morgan fingerprint density at radius 3 is 1.10 bits per heavy atom. The number of amidine groups is 1. The zero-order valence-electron chi connectivity index (χ0n) is 98.3. The van der Waals surface area contributed by atoms with E-state index in [2.05, 4.69) is 241 Å². The van der Waals surface area contributed by atoms with Crippen LogP contribution < -0.4 is 10.2 Å². The van der Waals surface area contributed by atoms with Crippen molar-refractivity contribution in [3.63, 3.8) is 0 Å². The summed E-state index contributed by atoms with van der Waals surface area (Å²) in [6.45, 7) is 93.7. The number of carboxylic acids is 3. The number of urea groups is 1. The van der Waals surface area contributed by atoms with Crippen LogP contribution in [0, 0.1) is 52.2 Å². The quantitative estimate of drug-likeness (QED) is 0.0440. The van der Waals surface area contributed by atoms with Gasteiger partial charge in [0.2, 0.25) is 11.8 Å². The third kappa shape index (κ3) is 48.3. The minimum Gasteiger partial charge on any atom is -0.481 e. The zero-order valence-corrected chi connectivity index (χ0v) is 98.3. The molecule has 0 radical (unpaired) electrons. The summed E-state index contributed by atoms with van der Waals surface area (Å²) >= 11 is 0. The molecular formula is C117H213N17O13. The van der Waals surface area contributed by atoms with Gasteiger partial charge in [0, 0.05) is 217 Å². The molecule has 10 saturated heterocycles. The maximum absolute atomic E-state index is 12.0. The molecule has 147 heavy (non-hydrogen) atoms. The highest BCUT2D eigenvalue weighted by atomic mass is 16.5. The number of ether oxygens (including phenoxy) is 1. The lowest BCUT2D eigenvalue weighted by Crippen LogP contribution is -2.54. The number of aliphatic carboxylic acids is 3. The zero-order chi connectivity index (χ0) is 110. The molecule has 30 nitrogen and oxygen atoms in total. The van der Waals surface area contributed by atoms with Gasteiger partial charge in [-0.25, -0.2) is 9.59 Å². The molecule has 12 aliphatic rings. The average molecular weight is 2070 g/mol. The molecule has 3 atom stereocenters. The number of hydrogen-bond acceptors (Lipinski definition) is 22. The van der Waals surface area contributed by atoms with Crippen molar-refractivity contribution >= 4 is 64.8 Å². The number of carbonyl (C=O) groups excluding carboxylic acids is 6. The second kappa shape index (κ2) is 68.0. The van der Waals surface area contributed by atoms with Gasteiger partial charge in [-0.1, -0.05) is 77.1 Å². The topological polar surface area (TPSA) is 308 Å². The first kappa shape index (κ1) is 132. The van der Waals surface area contributed by atoms with E-state index in [9.17, 15) is 43.2 Å². The van der Waals surface area contributed by atoms with E-state index in [0.717, 1.165) is 245 Å². The lowest BCUT2D eigenvalue weighted by Gasteiger charge is -2.41. The van der Waals surface area contributed by atoms with Gasteiger partial charge in [0.1, 0.15) is 23.7 Å². The Hall–Kier alpha value is -7.26. The van der Waals surface area contributed by atoms with E-state index in [1.165, 1.54) is 62.9 Å². The number of likely N-dealkylation sites (tertiary alicyclic amines) is 6. The number of piperidine rings is 5. The van der Waals surface area contributed by atoms with E-state index in [1.54, 1.807) is 38.8 Å². The molecule has 1 aliphatic carbocycles. The third-order valence-electron chi connectivity index (χ3n) is 32.1. The first-order chi connectivity index (χ1) is 69.1. The molecule has 1 unspecified atom stereocenters. The van der Waals surface area contributed by atoms with Gasteiger partial charge in [0.15, 0.2) is 0 Å². The standard InChI is InChI=1S/C16H23N.C14H19NO2.C11H23N3O.C10H20N2O.C10H19NO2.2C10H19NO.C9H19N3.C9H18N2O.2C9H17NO2/c1-13(2)17-9-7-16(8-10-17)11-14-5-3-4-6-15(14)12-16;1-4-17-14(16)13-9-11-7-5-6-8-12(11)15(13)10(2)3;1-9(2)12-11(15)14-7-5-13(6-8-14)10(3)4;1-9(2)12-6-4-11(5-7-12)8-10(3)13;1-8(2)9-3-5-11(6-4-9)7-10(12)13;1-8(2)11-6-4-10(5-7-11)9(3)12;1-8(2)10-4-6-11(7-5-10)9(3)12;1-8(2)11-4-6-12(7-5-11)9(3)10;1-8(2)10-4-6-11(7-5-10)9(3)12;1-6(2)10-5-7(3)4-8(10)9(11)12;1-7(2)10-5-3-8(4-6-10)9(11)12/h3-6,13H,7-12H2,1-2H3;5-8,10,13H,4,9H2,1-3H3;9-10H,5-8H2,1-4H3,(H,12,15);9H,4-8H2,1-3H3;8-9H,3-7H2,1-2H3,(H,12,13);3*8,10H,4-7H2,1-3H3;8H,4-7H2,1-3H3;6-8H,4-5H2,1-3H3,(H,11,12);7-8H,3-6H2,1-2H3,(H,11,12)/t;;;;;;;;;7-,8+;/m.........1./s1. The van der Waals surface area contributed by atoms with Crippen LogP contribution in [0.2, 0.25) is 0 Å². The van der Waals surface area contributed by atoms with Crippen molar-refractivity contribution < 1.29 is 63.2 Å². The molecule has 11 aliphatic heterocycles. The lowest BCUT2D eigenvalue weighted by atomic mass is 9.76. The Bertz CT molecular complexity index is 3800. The molecule has 10 fully saturated rings. The molecule has 2 aromatic carbocycles. The fourth-order valence-electron chi connectivity index (χ4n) is 22.0. The van der Waals surface area contributed by atoms with Crippen LogP contribution in [0.4, 0.5) is 10.5 Å². The fraction of sp³-hybridized carbons (Fsp3) is 0.812. The Morgan fingerprint density at radius 1 is 0.395 bits per heavy atom. The Kier molecular flexibility index (Phi) is 61.1. The van der Waals surface area contributed by atoms with Crippen LogP contribution in [0.15, 0.2) is 48.5 Å². The number of piperazine rings is 4. The fourth-order valence-corrected chi connectivity index (χ4v) is 22.0. The first-order valence-electron chi connectivity index (χ1n) is 57.1. The van der Waals surface area contributed by atoms with Crippen molar-refractivity contribution in [3.8, 4) is 0 Å². The molecule has 5 N–H and O–H groups in total. The summed E-state index contributed by atoms with van der Waals surface area (Å²) in [6, 6.07) is 22.2. The number of nitrogens with zero attached hydrogens (tertiary/aromatic N) is 15. The predicted molar refractivity (Wildman–Crippen MR) is 603 cm³/mol. The minimum absolute atomic E-state index is 0.0772. The molecule has 0 saturated carbocycles. The van der Waals surface area contributed by atoms with E-state index >= 15 is 0 Å². The molecule has 4 amide bonds. The van der Waals surface area contributed by atoms with Crippen molar-refractivity contribution in [2.24, 2.45) is 46.8 Å². The van der Waals surface area contributed by atoms with Crippen molar-refractivity contribution in [3.05, 3.63) is 65.2 Å². The molecule has 11 heterocycles. The largest absolute Gasteiger partial charge is 0.481 e. The number of rotatable bonds is 21. The van der Waals surface area contributed by atoms with Crippen molar-refractivity contribution in [1.82, 2.24) is 73.9 Å². The number of carboxylic acid groups (broad SMARTS) is 3. The molecule has 30 heteroatoms. The number of ketones is 2. The number of nitrogens with one attached hydrogen (secondary N) is 2. The second-order valence-electron chi connectivity index (χ2n) is 47.1. The van der Waals surface area contributed by atoms with Gasteiger partial charge in [0.05, 0.1) is 31.4 Å². The van der Waals surface area contributed by atoms with Gasteiger partial charge in [-0.05, 0) is 360 Å². The summed E-state index contributed by atoms with van der Waals surface area (Å²) in [7, 11) is 0. The van der Waals surface area contributed by atoms with Crippen molar-refractivity contribution in [1.29, 1.82) is 5.41 Å². The van der Waals surface area contributed by atoms with Crippen LogP contribution in [0.1, 0.15) is 302 Å². The van der Waals surface area contributed by atoms with E-state index in [-0.39, 0.29) is 60.2 Å². The monoisotopic (exact) mass is 2060 g/mol. The van der Waals surface area contributed by atoms with Gasteiger partial charge < -0.3 is 64.6 Å². The maximum Gasteiger partial charge on any atom is 0.329 e. The second-order valence-corrected chi connectivity index (χ2v) is 47.1. The summed E-state index contributed by atoms with van der Waals surface area (Å²) in [5, 5.41) is 36.6. The summed E-state index contributed by atoms with van der Waals surface area (Å²) in [5.74, 6) is 3.60. The van der Waals surface area contributed by atoms with E-state index in [1.807, 2.05) is 73.3 Å². The molecule has 2 aromatic rings. The van der Waals surface area contributed by atoms with Crippen molar-refractivity contribution in [2.75, 3.05) is 201 Å². The number of hydrogen-bond donors (Lipinski definition) is 5. The van der Waals surface area contributed by atoms with Crippen molar-refractivity contribution in [2.45, 2.75) is 377 Å². The Morgan fingerprint density at radius 2 is 0.755 bits per heavy atom. The van der Waals surface area contributed by atoms with Crippen LogP contribution in [-0.2, 0) is 62.4 Å². The summed E-state index contributed by atoms with van der Waals surface area (Å²) in [6.07, 6.45) is 15.4. The molecular weight excluding hydrogens is 1850 g/mol. The number of carbonyl (C=O) groups is 9. The molecule has 1 spiro atoms. The normalized spacial score (nSPS) is 21.4. The number of amides is 4. The van der Waals surface area contributed by atoms with Crippen LogP contribution in [-0.4, -0.2) is 412 Å². The smallest absolute Gasteiger partial charge is 0.329 e. The van der Waals surface area contributed by atoms with Crippen LogP contribution in [0.3, 0.4) is 0 Å². The number of fused-ring (bicyclic) bond motifs is 2. The van der Waals surface area contributed by atoms with Gasteiger partial charge in [0.25, 0.3) is 0 Å². The maximum atomic E-state index is 12.0. The highest BCUT2D eigenvalue weighted by Gasteiger charge is 2.42. The summed E-state index contributed by atoms with van der Waals surface area (Å²) in [5.41, 5.74) is 6.24. The number of anilines is 1. The highest BCUT2D eigenvalue weighted by molar-refractivity contribution is 5.84. The van der Waals surface area contributed by atoms with Gasteiger partial charge in [-0.2, -0.15) is 0 Å². The molecule has 14 rings (SSSR count). The summed E-state index contributed by atoms with van der Waals surface area (Å²) in [4.78, 5) is 133. The average Bonchev–Trinajstić information content (AvgIpc) is 1.62. The Labute approximate surface area is 892 Å². The SMILES string of the molecule is CC(=N)N1CCN(C(C)C)CC1.CC(=O)C1CCN(C(C)C)CC1.CC(=O)CN1CCN(C(C)C)CC1.CC(=O)N1CCC(C(C)C)CC1.CC(=O)N1CCN(C(C)C)CC1.CC(C)C1CCN(CC(=O)O)CC1.CC(C)N1CCC(C(=O)O)CC1.CC(C)N1CCC2(CC1)Cc1ccccc1C2.CC(C)N1C[C@H](C)C[C@H]1C(=O)O.CC(C)NC(=O)N1CCN(C(C)C)CC1.CCOC(=O)C1Cc2ccccc2N1C(C)C. The van der Waals surface area contributed by atoms with E-state index in [0.29, 0.717) is 90.4 Å². The van der Waals surface area contributed by atoms with Crippen LogP contribution in [0.5, 0.6) is 0 Å². The molecule has 0 aromatic heterocycles. The number of esters is 1. The first-order valence-corrected chi connectivity index (χ1v) is 57.1. The number of Topliss-reactive ketones (excluding diaryl/α,β-unsaturated/α-hetero) is 2. The predicted octanol–water partition coefficient (Wildman–Crippen LogP) is 16.4. The van der Waals surface area contributed by atoms with Gasteiger partial charge in [-0.15, -0.1) is 0 Å². The lowest BCUT2D eigenvalue weighted by molar-refractivity contribution is -0.145. The van der Waals surface area contributed by atoms with Crippen LogP contribution in [0.25, 0.3) is 0 Å². The van der Waals surface area contributed by atoms with Gasteiger partial charge in [-0.3, -0.25) is 73.3 Å². The highest BCUT2D eigenvalue weighted by Crippen LogP contribution is 2.45. The van der Waals surface area contributed by atoms with Gasteiger partial charge >= 0.3 is 29.9 Å². The molecule has 844 valence electrons. The van der Waals surface area contributed by atoms with Crippen LogP contribution >= 0.6 is 0 Å². The number of benzene rings is 2. The Balaban J connectivity index is 0.000000338. The van der Waals surface area contributed by atoms with E-state index in [4.69, 9.17) is 25.5 Å². The van der Waals surface area contributed by atoms with E-state index < -0.39 is 17.9 Å².